The summed E-state index contributed by atoms with van der Waals surface area (Å²) in [5.41, 5.74) is 2.90. The Hall–Kier alpha value is -3.79. The van der Waals surface area contributed by atoms with Crippen molar-refractivity contribution < 1.29 is 4.79 Å². The minimum Gasteiger partial charge on any atom is -0.351 e. The van der Waals surface area contributed by atoms with Gasteiger partial charge < -0.3 is 5.32 Å². The number of carbonyl (C=O) groups excluding carboxylic acids is 1. The molecule has 1 aliphatic rings. The third-order valence-corrected chi connectivity index (χ3v) is 6.44. The maximum Gasteiger partial charge on any atom is 0.248 e. The summed E-state index contributed by atoms with van der Waals surface area (Å²) in [5.74, 6) is 0.163. The molecule has 1 atom stereocenters. The predicted octanol–water partition coefficient (Wildman–Crippen LogP) is 5.37. The summed E-state index contributed by atoms with van der Waals surface area (Å²) >= 11 is 0. The fourth-order valence-corrected chi connectivity index (χ4v) is 4.51. The quantitative estimate of drug-likeness (QED) is 0.523. The van der Waals surface area contributed by atoms with Gasteiger partial charge in [-0.25, -0.2) is 9.97 Å². The Morgan fingerprint density at radius 2 is 1.83 bits per heavy atom. The minimum atomic E-state index is -0.750. The lowest BCUT2D eigenvalue weighted by Gasteiger charge is -2.33. The number of benzene rings is 1. The number of aromatic nitrogens is 3. The monoisotopic (exact) mass is 468 g/mol. The zero-order chi connectivity index (χ0) is 24.8. The van der Waals surface area contributed by atoms with E-state index in [4.69, 9.17) is 0 Å². The third kappa shape index (κ3) is 5.83. The van der Waals surface area contributed by atoms with Gasteiger partial charge in [0, 0.05) is 35.9 Å². The molecular formula is C28H32N6O. The van der Waals surface area contributed by atoms with Crippen LogP contribution >= 0.6 is 0 Å². The fourth-order valence-electron chi connectivity index (χ4n) is 4.51. The summed E-state index contributed by atoms with van der Waals surface area (Å²) in [6.07, 6.45) is 10.3. The van der Waals surface area contributed by atoms with Gasteiger partial charge in [0.15, 0.2) is 0 Å². The lowest BCUT2D eigenvalue weighted by atomic mass is 9.87. The van der Waals surface area contributed by atoms with Crippen molar-refractivity contribution in [1.82, 2.24) is 20.3 Å². The molecule has 1 N–H and O–H groups in total. The van der Waals surface area contributed by atoms with Gasteiger partial charge in [0.1, 0.15) is 17.8 Å². The molecule has 4 rings (SSSR count). The van der Waals surface area contributed by atoms with Gasteiger partial charge in [-0.1, -0.05) is 58.2 Å². The van der Waals surface area contributed by atoms with Crippen LogP contribution in [0.2, 0.25) is 0 Å². The average Bonchev–Trinajstić information content (AvgIpc) is 2.88. The highest BCUT2D eigenvalue weighted by Gasteiger charge is 2.33. The van der Waals surface area contributed by atoms with Crippen LogP contribution in [0, 0.1) is 11.3 Å². The van der Waals surface area contributed by atoms with E-state index in [-0.39, 0.29) is 23.1 Å². The van der Waals surface area contributed by atoms with E-state index in [9.17, 15) is 10.1 Å². The lowest BCUT2D eigenvalue weighted by molar-refractivity contribution is -0.123. The largest absolute Gasteiger partial charge is 0.351 e. The molecule has 0 spiro atoms. The van der Waals surface area contributed by atoms with Crippen molar-refractivity contribution in [3.05, 3.63) is 77.9 Å². The molecule has 2 heterocycles. The molecule has 0 aliphatic heterocycles. The minimum absolute atomic E-state index is 0.0122. The Balaban J connectivity index is 1.82. The lowest BCUT2D eigenvalue weighted by Crippen LogP contribution is -2.44. The van der Waals surface area contributed by atoms with Gasteiger partial charge in [-0.15, -0.1) is 0 Å². The van der Waals surface area contributed by atoms with Crippen molar-refractivity contribution in [3.8, 4) is 6.07 Å². The molecular weight excluding hydrogens is 436 g/mol. The van der Waals surface area contributed by atoms with Crippen LogP contribution in [0.25, 0.3) is 0 Å². The number of rotatable bonds is 6. The molecule has 0 radical (unpaired) electrons. The van der Waals surface area contributed by atoms with Crippen LogP contribution < -0.4 is 10.2 Å². The summed E-state index contributed by atoms with van der Waals surface area (Å²) in [6.45, 7) is 6.49. The van der Waals surface area contributed by atoms with Crippen LogP contribution in [0.3, 0.4) is 0 Å². The Morgan fingerprint density at radius 3 is 2.46 bits per heavy atom. The highest BCUT2D eigenvalue weighted by atomic mass is 16.2. The van der Waals surface area contributed by atoms with Gasteiger partial charge in [-0.3, -0.25) is 14.7 Å². The van der Waals surface area contributed by atoms with Crippen molar-refractivity contribution in [1.29, 1.82) is 5.26 Å². The van der Waals surface area contributed by atoms with E-state index in [0.717, 1.165) is 36.9 Å². The molecule has 2 aromatic heterocycles. The molecule has 1 saturated carbocycles. The normalized spacial score (nSPS) is 15.1. The first-order chi connectivity index (χ1) is 16.9. The number of nitrogens with one attached hydrogen (secondary N) is 1. The first kappa shape index (κ1) is 24.3. The molecule has 35 heavy (non-hydrogen) atoms. The number of anilines is 2. The van der Waals surface area contributed by atoms with E-state index in [1.54, 1.807) is 24.7 Å². The summed E-state index contributed by atoms with van der Waals surface area (Å²) in [4.78, 5) is 28.9. The standard InChI is InChI=1S/C28H32N6O/c1-28(2,3)21-11-13-24(14-12-21)34(27-31-17-15-23(18-29)33-27)25(20-8-7-16-30-19-20)26(35)32-22-9-5-4-6-10-22/h7-8,11-17,19,22,25H,4-6,9-10H2,1-3H3,(H,32,35). The fraction of sp³-hybridized carbons (Fsp3) is 0.393. The number of carbonyl (C=O) groups is 1. The Kier molecular flexibility index (Phi) is 7.40. The molecule has 1 unspecified atom stereocenters. The highest BCUT2D eigenvalue weighted by molar-refractivity contribution is 5.89. The van der Waals surface area contributed by atoms with Gasteiger partial charge in [0.25, 0.3) is 0 Å². The maximum atomic E-state index is 13.9. The van der Waals surface area contributed by atoms with E-state index in [2.05, 4.69) is 59.2 Å². The average molecular weight is 469 g/mol. The number of hydrogen-bond donors (Lipinski definition) is 1. The van der Waals surface area contributed by atoms with Crippen molar-refractivity contribution in [3.63, 3.8) is 0 Å². The van der Waals surface area contributed by atoms with Crippen LogP contribution in [0.4, 0.5) is 11.6 Å². The van der Waals surface area contributed by atoms with Crippen molar-refractivity contribution in [2.45, 2.75) is 70.4 Å². The van der Waals surface area contributed by atoms with Gasteiger partial charge in [0.05, 0.1) is 0 Å². The van der Waals surface area contributed by atoms with Crippen molar-refractivity contribution >= 4 is 17.5 Å². The smallest absolute Gasteiger partial charge is 0.248 e. The molecule has 0 saturated heterocycles. The zero-order valence-corrected chi connectivity index (χ0v) is 20.6. The third-order valence-electron chi connectivity index (χ3n) is 6.44. The van der Waals surface area contributed by atoms with Gasteiger partial charge >= 0.3 is 0 Å². The molecule has 7 nitrogen and oxygen atoms in total. The van der Waals surface area contributed by atoms with E-state index >= 15 is 0 Å². The van der Waals surface area contributed by atoms with Crippen LogP contribution in [0.1, 0.15) is 75.7 Å². The first-order valence-corrected chi connectivity index (χ1v) is 12.2. The van der Waals surface area contributed by atoms with Crippen molar-refractivity contribution in [2.75, 3.05) is 4.90 Å². The highest BCUT2D eigenvalue weighted by Crippen LogP contribution is 2.35. The van der Waals surface area contributed by atoms with Gasteiger partial charge in [0.2, 0.25) is 11.9 Å². The molecule has 1 aliphatic carbocycles. The van der Waals surface area contributed by atoms with E-state index < -0.39 is 6.04 Å². The summed E-state index contributed by atoms with van der Waals surface area (Å²) in [5, 5.41) is 12.7. The number of amides is 1. The number of hydrogen-bond acceptors (Lipinski definition) is 6. The molecule has 180 valence electrons. The van der Waals surface area contributed by atoms with Crippen LogP contribution in [0.15, 0.2) is 61.1 Å². The van der Waals surface area contributed by atoms with Gasteiger partial charge in [-0.05, 0) is 48.1 Å². The Bertz CT molecular complexity index is 1170. The van der Waals surface area contributed by atoms with E-state index in [1.807, 2.05) is 29.2 Å². The molecule has 0 bridgehead atoms. The van der Waals surface area contributed by atoms with Crippen molar-refractivity contribution in [2.24, 2.45) is 0 Å². The summed E-state index contributed by atoms with van der Waals surface area (Å²) in [7, 11) is 0. The zero-order valence-electron chi connectivity index (χ0n) is 20.6. The van der Waals surface area contributed by atoms with E-state index in [0.29, 0.717) is 5.95 Å². The predicted molar refractivity (Wildman–Crippen MR) is 136 cm³/mol. The molecule has 1 amide bonds. The van der Waals surface area contributed by atoms with Gasteiger partial charge in [-0.2, -0.15) is 5.26 Å². The second kappa shape index (κ2) is 10.6. The number of pyridine rings is 1. The molecule has 1 fully saturated rings. The molecule has 3 aromatic rings. The second-order valence-corrected chi connectivity index (χ2v) is 10.1. The first-order valence-electron chi connectivity index (χ1n) is 12.2. The Labute approximate surface area is 207 Å². The maximum absolute atomic E-state index is 13.9. The topological polar surface area (TPSA) is 94.8 Å². The number of nitriles is 1. The van der Waals surface area contributed by atoms with Crippen LogP contribution in [-0.4, -0.2) is 26.9 Å². The summed E-state index contributed by atoms with van der Waals surface area (Å²) < 4.78 is 0. The van der Waals surface area contributed by atoms with E-state index in [1.165, 1.54) is 12.0 Å². The molecule has 7 heteroatoms. The SMILES string of the molecule is CC(C)(C)c1ccc(N(c2nccc(C#N)n2)C(C(=O)NC2CCCCC2)c2cccnc2)cc1. The second-order valence-electron chi connectivity index (χ2n) is 10.1. The summed E-state index contributed by atoms with van der Waals surface area (Å²) in [6, 6.07) is 14.9. The van der Waals surface area contributed by atoms with Crippen LogP contribution in [-0.2, 0) is 10.2 Å². The number of nitrogens with zero attached hydrogens (tertiary/aromatic N) is 5. The van der Waals surface area contributed by atoms with Crippen LogP contribution in [0.5, 0.6) is 0 Å². The Morgan fingerprint density at radius 1 is 1.09 bits per heavy atom. The molecule has 1 aromatic carbocycles.